The van der Waals surface area contributed by atoms with E-state index < -0.39 is 0 Å². The molecule has 0 spiro atoms. The molecule has 1 heterocycles. The highest BCUT2D eigenvalue weighted by atomic mass is 14.9. The Kier molecular flexibility index (Phi) is 5.62. The van der Waals surface area contributed by atoms with Gasteiger partial charge in [0.15, 0.2) is 0 Å². The summed E-state index contributed by atoms with van der Waals surface area (Å²) in [5.41, 5.74) is 1.18. The summed E-state index contributed by atoms with van der Waals surface area (Å²) in [6.45, 7) is 2.21. The van der Waals surface area contributed by atoms with E-state index in [4.69, 9.17) is 0 Å². The fraction of sp³-hybridized carbons (Fsp3) is 0.667. The average molecular weight is 247 g/mol. The second kappa shape index (κ2) is 7.49. The van der Waals surface area contributed by atoms with E-state index in [-0.39, 0.29) is 0 Å². The van der Waals surface area contributed by atoms with Gasteiger partial charge >= 0.3 is 0 Å². The van der Waals surface area contributed by atoms with E-state index in [0.717, 1.165) is 24.9 Å². The molecule has 0 radical (unpaired) electrons. The molecular formula is C15H25N3. The maximum absolute atomic E-state index is 4.34. The van der Waals surface area contributed by atoms with E-state index >= 15 is 0 Å². The van der Waals surface area contributed by atoms with Crippen molar-refractivity contribution in [2.75, 3.05) is 20.1 Å². The van der Waals surface area contributed by atoms with Crippen molar-refractivity contribution in [3.8, 4) is 0 Å². The molecule has 1 fully saturated rings. The van der Waals surface area contributed by atoms with Crippen LogP contribution in [0.5, 0.6) is 0 Å². The van der Waals surface area contributed by atoms with Gasteiger partial charge in [0.25, 0.3) is 0 Å². The number of nitrogens with zero attached hydrogens (tertiary/aromatic N) is 1. The molecule has 0 unspecified atom stereocenters. The zero-order valence-electron chi connectivity index (χ0n) is 11.4. The van der Waals surface area contributed by atoms with E-state index in [1.807, 2.05) is 12.3 Å². The van der Waals surface area contributed by atoms with Crippen LogP contribution in [0.2, 0.25) is 0 Å². The second-order valence-electron chi connectivity index (χ2n) is 5.28. The van der Waals surface area contributed by atoms with Gasteiger partial charge in [-0.15, -0.1) is 0 Å². The lowest BCUT2D eigenvalue weighted by molar-refractivity contribution is 0.293. The highest BCUT2D eigenvalue weighted by molar-refractivity contribution is 5.03. The van der Waals surface area contributed by atoms with Crippen molar-refractivity contribution in [1.29, 1.82) is 0 Å². The first-order chi connectivity index (χ1) is 8.88. The molecule has 18 heavy (non-hydrogen) atoms. The van der Waals surface area contributed by atoms with E-state index in [1.165, 1.54) is 37.9 Å². The second-order valence-corrected chi connectivity index (χ2v) is 5.28. The third-order valence-corrected chi connectivity index (χ3v) is 3.97. The molecule has 100 valence electrons. The summed E-state index contributed by atoms with van der Waals surface area (Å²) < 4.78 is 0. The Labute approximate surface area is 110 Å². The first-order valence-electron chi connectivity index (χ1n) is 7.16. The lowest BCUT2D eigenvalue weighted by atomic mass is 9.86. The van der Waals surface area contributed by atoms with Crippen molar-refractivity contribution >= 4 is 0 Å². The van der Waals surface area contributed by atoms with Crippen LogP contribution >= 0.6 is 0 Å². The molecule has 0 atom stereocenters. The molecule has 1 aliphatic carbocycles. The molecule has 0 bridgehead atoms. The Morgan fingerprint density at radius 2 is 2.06 bits per heavy atom. The Hall–Kier alpha value is -0.930. The highest BCUT2D eigenvalue weighted by Crippen LogP contribution is 2.23. The topological polar surface area (TPSA) is 37.0 Å². The normalized spacial score (nSPS) is 24.1. The van der Waals surface area contributed by atoms with Crippen LogP contribution in [0.1, 0.15) is 31.4 Å². The Morgan fingerprint density at radius 3 is 2.72 bits per heavy atom. The first-order valence-corrected chi connectivity index (χ1v) is 7.16. The van der Waals surface area contributed by atoms with Crippen LogP contribution in [0.4, 0.5) is 0 Å². The smallest absolute Gasteiger partial charge is 0.0416 e. The molecule has 3 nitrogen and oxygen atoms in total. The van der Waals surface area contributed by atoms with Crippen molar-refractivity contribution in [2.45, 2.75) is 38.1 Å². The molecule has 0 aromatic carbocycles. The van der Waals surface area contributed by atoms with Gasteiger partial charge < -0.3 is 10.6 Å². The predicted octanol–water partition coefficient (Wildman–Crippen LogP) is 1.99. The maximum Gasteiger partial charge on any atom is 0.0416 e. The minimum absolute atomic E-state index is 0.759. The molecule has 3 heteroatoms. The van der Waals surface area contributed by atoms with Gasteiger partial charge in [0.2, 0.25) is 0 Å². The third-order valence-electron chi connectivity index (χ3n) is 3.97. The van der Waals surface area contributed by atoms with Crippen LogP contribution in [0, 0.1) is 5.92 Å². The van der Waals surface area contributed by atoms with Crippen molar-refractivity contribution in [1.82, 2.24) is 15.6 Å². The average Bonchev–Trinajstić information content (AvgIpc) is 2.45. The van der Waals surface area contributed by atoms with Crippen LogP contribution in [0.3, 0.4) is 0 Å². The molecule has 0 saturated heterocycles. The molecule has 1 aliphatic rings. The summed E-state index contributed by atoms with van der Waals surface area (Å²) in [5, 5.41) is 6.96. The molecule has 1 aromatic heterocycles. The summed E-state index contributed by atoms with van der Waals surface area (Å²) in [4.78, 5) is 4.34. The van der Waals surface area contributed by atoms with Crippen LogP contribution in [0.15, 0.2) is 24.4 Å². The fourth-order valence-corrected chi connectivity index (χ4v) is 2.72. The van der Waals surface area contributed by atoms with Gasteiger partial charge in [0.1, 0.15) is 0 Å². The van der Waals surface area contributed by atoms with Crippen molar-refractivity contribution in [3.63, 3.8) is 0 Å². The molecule has 2 rings (SSSR count). The summed E-state index contributed by atoms with van der Waals surface area (Å²) in [6, 6.07) is 6.88. The molecule has 2 N–H and O–H groups in total. The number of rotatable bonds is 6. The Balaban J connectivity index is 1.56. The molecule has 0 amide bonds. The van der Waals surface area contributed by atoms with Gasteiger partial charge in [-0.2, -0.15) is 0 Å². The van der Waals surface area contributed by atoms with Gasteiger partial charge in [-0.25, -0.2) is 0 Å². The lowest BCUT2D eigenvalue weighted by Crippen LogP contribution is -2.34. The minimum Gasteiger partial charge on any atom is -0.317 e. The fourth-order valence-electron chi connectivity index (χ4n) is 2.72. The quantitative estimate of drug-likeness (QED) is 0.755. The molecule has 1 aromatic rings. The predicted molar refractivity (Wildman–Crippen MR) is 75.6 cm³/mol. The zero-order chi connectivity index (χ0) is 12.6. The van der Waals surface area contributed by atoms with Crippen molar-refractivity contribution < 1.29 is 0 Å². The zero-order valence-corrected chi connectivity index (χ0v) is 11.4. The number of nitrogens with one attached hydrogen (secondary N) is 2. The summed E-state index contributed by atoms with van der Waals surface area (Å²) in [6.07, 6.45) is 8.30. The summed E-state index contributed by atoms with van der Waals surface area (Å²) >= 11 is 0. The minimum atomic E-state index is 0.759. The van der Waals surface area contributed by atoms with Crippen LogP contribution in [-0.4, -0.2) is 31.2 Å². The first kappa shape index (κ1) is 13.5. The summed E-state index contributed by atoms with van der Waals surface area (Å²) in [5.74, 6) is 0.873. The lowest BCUT2D eigenvalue weighted by Gasteiger charge is -2.28. The third kappa shape index (κ3) is 4.39. The van der Waals surface area contributed by atoms with Crippen molar-refractivity contribution in [3.05, 3.63) is 30.1 Å². The highest BCUT2D eigenvalue weighted by Gasteiger charge is 2.19. The molecule has 1 saturated carbocycles. The van der Waals surface area contributed by atoms with Gasteiger partial charge in [0.05, 0.1) is 0 Å². The van der Waals surface area contributed by atoms with E-state index in [2.05, 4.69) is 34.8 Å². The van der Waals surface area contributed by atoms with E-state index in [1.54, 1.807) is 0 Å². The number of hydrogen-bond donors (Lipinski definition) is 2. The monoisotopic (exact) mass is 247 g/mol. The Morgan fingerprint density at radius 1 is 1.22 bits per heavy atom. The largest absolute Gasteiger partial charge is 0.317 e. The molecule has 0 aliphatic heterocycles. The van der Waals surface area contributed by atoms with Crippen molar-refractivity contribution in [2.24, 2.45) is 5.92 Å². The van der Waals surface area contributed by atoms with Gasteiger partial charge in [-0.3, -0.25) is 4.98 Å². The van der Waals surface area contributed by atoms with E-state index in [0.29, 0.717) is 0 Å². The van der Waals surface area contributed by atoms with Gasteiger partial charge in [-0.1, -0.05) is 6.07 Å². The van der Waals surface area contributed by atoms with Gasteiger partial charge in [-0.05, 0) is 57.3 Å². The number of hydrogen-bond acceptors (Lipinski definition) is 3. The Bertz CT molecular complexity index is 318. The van der Waals surface area contributed by atoms with Gasteiger partial charge in [0, 0.05) is 30.9 Å². The number of aromatic nitrogens is 1. The van der Waals surface area contributed by atoms with E-state index in [9.17, 15) is 0 Å². The SMILES string of the molecule is CNC1CCC(CNCCc2ccccn2)CC1. The van der Waals surface area contributed by atoms with Crippen LogP contribution < -0.4 is 10.6 Å². The van der Waals surface area contributed by atoms with Crippen LogP contribution in [-0.2, 0) is 6.42 Å². The summed E-state index contributed by atoms with van der Waals surface area (Å²) in [7, 11) is 2.08. The number of pyridine rings is 1. The molecular weight excluding hydrogens is 222 g/mol. The maximum atomic E-state index is 4.34. The standard InChI is InChI=1S/C15H25N3/c1-16-14-7-5-13(6-8-14)12-17-11-9-15-4-2-3-10-18-15/h2-4,10,13-14,16-17H,5-9,11-12H2,1H3. The van der Waals surface area contributed by atoms with Crippen LogP contribution in [0.25, 0.3) is 0 Å².